The van der Waals surface area contributed by atoms with Crippen LogP contribution in [0.5, 0.6) is 5.75 Å². The molecule has 0 bridgehead atoms. The number of carbonyl (C=O) groups excluding carboxylic acids is 1. The smallest absolute Gasteiger partial charge is 0.228 e. The van der Waals surface area contributed by atoms with Crippen LogP contribution >= 0.6 is 0 Å². The van der Waals surface area contributed by atoms with Gasteiger partial charge >= 0.3 is 0 Å². The van der Waals surface area contributed by atoms with Crippen LogP contribution in [0, 0.1) is 11.3 Å². The Kier molecular flexibility index (Phi) is 6.45. The highest BCUT2D eigenvalue weighted by Gasteiger charge is 2.22. The number of rotatable bonds is 6. The molecule has 0 aliphatic carbocycles. The fourth-order valence-electron chi connectivity index (χ4n) is 4.95. The summed E-state index contributed by atoms with van der Waals surface area (Å²) in [5.41, 5.74) is 5.08. The Hall–Kier alpha value is -4.15. The first-order chi connectivity index (χ1) is 17.5. The van der Waals surface area contributed by atoms with Crippen molar-refractivity contribution in [2.75, 3.05) is 39.2 Å². The van der Waals surface area contributed by atoms with E-state index in [1.165, 1.54) is 0 Å². The molecule has 3 aromatic carbocycles. The van der Waals surface area contributed by atoms with E-state index < -0.39 is 0 Å². The monoisotopic (exact) mass is 479 g/mol. The highest BCUT2D eigenvalue weighted by molar-refractivity contribution is 6.09. The minimum Gasteiger partial charge on any atom is -0.496 e. The van der Waals surface area contributed by atoms with E-state index in [9.17, 15) is 10.1 Å². The maximum Gasteiger partial charge on any atom is 0.228 e. The molecule has 1 saturated heterocycles. The van der Waals surface area contributed by atoms with E-state index in [1.807, 2.05) is 30.3 Å². The zero-order valence-electron chi connectivity index (χ0n) is 20.8. The van der Waals surface area contributed by atoms with Gasteiger partial charge < -0.3 is 19.5 Å². The molecule has 4 aromatic rings. The van der Waals surface area contributed by atoms with E-state index >= 15 is 0 Å². The molecule has 1 fully saturated rings. The fraction of sp³-hybridized carbons (Fsp3) is 0.276. The summed E-state index contributed by atoms with van der Waals surface area (Å²) in [6.07, 6.45) is 2.26. The number of aromatic amines is 1. The Morgan fingerprint density at radius 2 is 1.86 bits per heavy atom. The van der Waals surface area contributed by atoms with Crippen molar-refractivity contribution in [2.45, 2.75) is 18.9 Å². The van der Waals surface area contributed by atoms with E-state index in [-0.39, 0.29) is 11.6 Å². The van der Waals surface area contributed by atoms with Crippen molar-refractivity contribution in [3.05, 3.63) is 77.6 Å². The molecule has 182 valence electrons. The Morgan fingerprint density at radius 3 is 2.58 bits per heavy atom. The maximum absolute atomic E-state index is 13.4. The van der Waals surface area contributed by atoms with Crippen molar-refractivity contribution in [2.24, 2.45) is 0 Å². The van der Waals surface area contributed by atoms with Crippen LogP contribution in [0.2, 0.25) is 0 Å². The number of H-pyrrole nitrogens is 1. The van der Waals surface area contributed by atoms with Crippen LogP contribution in [-0.4, -0.2) is 61.0 Å². The van der Waals surface area contributed by atoms with Gasteiger partial charge in [0.1, 0.15) is 5.75 Å². The molecule has 2 heterocycles. The highest BCUT2D eigenvalue weighted by Crippen LogP contribution is 2.33. The van der Waals surface area contributed by atoms with Gasteiger partial charge in [-0.1, -0.05) is 18.2 Å². The summed E-state index contributed by atoms with van der Waals surface area (Å²) in [4.78, 5) is 25.9. The van der Waals surface area contributed by atoms with Gasteiger partial charge in [0.05, 0.1) is 29.8 Å². The predicted molar refractivity (Wildman–Crippen MR) is 142 cm³/mol. The number of imidazole rings is 1. The van der Waals surface area contributed by atoms with E-state index in [2.05, 4.69) is 52.1 Å². The average molecular weight is 480 g/mol. The number of ether oxygens (including phenoxy) is 1. The lowest BCUT2D eigenvalue weighted by Gasteiger charge is -2.36. The Balaban J connectivity index is 1.44. The number of ketones is 1. The van der Waals surface area contributed by atoms with Gasteiger partial charge in [-0.25, -0.2) is 4.98 Å². The van der Waals surface area contributed by atoms with Crippen LogP contribution in [0.3, 0.4) is 0 Å². The average Bonchev–Trinajstić information content (AvgIpc) is 3.36. The van der Waals surface area contributed by atoms with Crippen LogP contribution in [0.15, 0.2) is 60.7 Å². The molecule has 5 rings (SSSR count). The third kappa shape index (κ3) is 4.43. The first-order valence-electron chi connectivity index (χ1n) is 12.1. The number of anilines is 1. The molecule has 0 spiro atoms. The van der Waals surface area contributed by atoms with E-state index in [0.717, 1.165) is 48.2 Å². The molecule has 7 heteroatoms. The number of para-hydroxylation sites is 1. The van der Waals surface area contributed by atoms with Gasteiger partial charge in [-0.3, -0.25) is 4.79 Å². The number of fused-ring (bicyclic) bond motifs is 1. The van der Waals surface area contributed by atoms with Crippen LogP contribution in [0.4, 0.5) is 5.69 Å². The summed E-state index contributed by atoms with van der Waals surface area (Å²) in [5, 5.41) is 9.66. The largest absolute Gasteiger partial charge is 0.496 e. The third-order valence-corrected chi connectivity index (χ3v) is 7.04. The zero-order valence-corrected chi connectivity index (χ0v) is 20.8. The Morgan fingerprint density at radius 1 is 1.08 bits per heavy atom. The fourth-order valence-corrected chi connectivity index (χ4v) is 4.95. The van der Waals surface area contributed by atoms with E-state index in [0.29, 0.717) is 28.5 Å². The Bertz CT molecular complexity index is 1460. The molecule has 1 aliphatic rings. The second-order valence-electron chi connectivity index (χ2n) is 9.37. The van der Waals surface area contributed by atoms with E-state index in [4.69, 9.17) is 4.74 Å². The number of nitrogens with zero attached hydrogens (tertiary/aromatic N) is 4. The topological polar surface area (TPSA) is 85.2 Å². The van der Waals surface area contributed by atoms with Crippen molar-refractivity contribution < 1.29 is 9.53 Å². The molecule has 0 saturated carbocycles. The minimum atomic E-state index is -0.222. The summed E-state index contributed by atoms with van der Waals surface area (Å²) in [7, 11) is 5.87. The van der Waals surface area contributed by atoms with Crippen molar-refractivity contribution in [1.29, 1.82) is 5.26 Å². The third-order valence-electron chi connectivity index (χ3n) is 7.04. The van der Waals surface area contributed by atoms with Crippen LogP contribution < -0.4 is 9.64 Å². The van der Waals surface area contributed by atoms with Crippen LogP contribution in [-0.2, 0) is 0 Å². The van der Waals surface area contributed by atoms with Crippen molar-refractivity contribution in [1.82, 2.24) is 14.9 Å². The molecular weight excluding hydrogens is 450 g/mol. The second kappa shape index (κ2) is 9.84. The van der Waals surface area contributed by atoms with Gasteiger partial charge in [-0.05, 0) is 69.4 Å². The predicted octanol–water partition coefficient (Wildman–Crippen LogP) is 4.87. The lowest BCUT2D eigenvalue weighted by Crippen LogP contribution is -2.41. The molecule has 36 heavy (non-hydrogen) atoms. The summed E-state index contributed by atoms with van der Waals surface area (Å²) < 4.78 is 5.48. The summed E-state index contributed by atoms with van der Waals surface area (Å²) in [6.45, 7) is 2.01. The number of nitrogens with one attached hydrogen (secondary N) is 1. The molecule has 1 aromatic heterocycles. The summed E-state index contributed by atoms with van der Waals surface area (Å²) in [6, 6.07) is 21.5. The minimum absolute atomic E-state index is 0.222. The summed E-state index contributed by atoms with van der Waals surface area (Å²) in [5.74, 6) is 0.703. The zero-order chi connectivity index (χ0) is 25.2. The number of aromatic nitrogens is 2. The lowest BCUT2D eigenvalue weighted by molar-refractivity contribution is 0.103. The molecule has 1 N–H and O–H groups in total. The number of hydrogen-bond acceptors (Lipinski definition) is 6. The van der Waals surface area contributed by atoms with Gasteiger partial charge in [0.25, 0.3) is 0 Å². The van der Waals surface area contributed by atoms with Crippen LogP contribution in [0.25, 0.3) is 22.2 Å². The number of piperidine rings is 1. The van der Waals surface area contributed by atoms with Gasteiger partial charge in [0.2, 0.25) is 5.78 Å². The molecule has 0 radical (unpaired) electrons. The van der Waals surface area contributed by atoms with Gasteiger partial charge in [-0.2, -0.15) is 5.26 Å². The lowest BCUT2D eigenvalue weighted by atomic mass is 9.95. The van der Waals surface area contributed by atoms with E-state index in [1.54, 1.807) is 25.3 Å². The van der Waals surface area contributed by atoms with Crippen molar-refractivity contribution >= 4 is 22.5 Å². The first kappa shape index (κ1) is 23.6. The first-order valence-corrected chi connectivity index (χ1v) is 12.1. The van der Waals surface area contributed by atoms with Gasteiger partial charge in [0, 0.05) is 41.5 Å². The molecule has 0 unspecified atom stereocenters. The molecule has 1 aliphatic heterocycles. The van der Waals surface area contributed by atoms with Gasteiger partial charge in [0.15, 0.2) is 5.82 Å². The molecule has 0 amide bonds. The highest BCUT2D eigenvalue weighted by atomic mass is 16.5. The van der Waals surface area contributed by atoms with Crippen molar-refractivity contribution in [3.8, 4) is 22.9 Å². The number of methoxy groups -OCH3 is 1. The Labute approximate surface area is 210 Å². The normalized spacial score (nSPS) is 14.2. The number of nitriles is 1. The van der Waals surface area contributed by atoms with Gasteiger partial charge in [-0.15, -0.1) is 0 Å². The second-order valence-corrected chi connectivity index (χ2v) is 9.37. The number of benzene rings is 3. The van der Waals surface area contributed by atoms with Crippen LogP contribution in [0.1, 0.15) is 34.6 Å². The molecular formula is C29H29N5O2. The quantitative estimate of drug-likeness (QED) is 0.397. The summed E-state index contributed by atoms with van der Waals surface area (Å²) >= 11 is 0. The van der Waals surface area contributed by atoms with Crippen molar-refractivity contribution in [3.63, 3.8) is 0 Å². The molecule has 7 nitrogen and oxygen atoms in total. The molecule has 0 atom stereocenters. The maximum atomic E-state index is 13.4. The number of hydrogen-bond donors (Lipinski definition) is 1. The standard InChI is InChI=1S/C29H29N5O2/c1-33(2)21-12-14-34(15-13-21)22-10-11-25-26(17-22)32-29(31-25)28(35)19-8-9-20(18-30)24(16-19)23-6-4-5-7-27(23)36-3/h4-11,16-17,21H,12-15H2,1-3H3,(H,31,32). The number of carbonyl (C=O) groups is 1. The SMILES string of the molecule is COc1ccccc1-c1cc(C(=O)c2nc3ccc(N4CCC(N(C)C)CC4)cc3[nH]2)ccc1C#N.